The second kappa shape index (κ2) is 5.95. The molecule has 0 bridgehead atoms. The molecule has 0 aliphatic carbocycles. The molecule has 0 spiro atoms. The van der Waals surface area contributed by atoms with Crippen LogP contribution < -0.4 is 0 Å². The van der Waals surface area contributed by atoms with Crippen LogP contribution in [0.25, 0.3) is 0 Å². The highest BCUT2D eigenvalue weighted by Crippen LogP contribution is 2.32. The van der Waals surface area contributed by atoms with Crippen molar-refractivity contribution < 1.29 is 20.7 Å². The molecule has 2 aromatic carbocycles. The standard InChI is InChI=1S/C14H13FO4S2/c15-21(18,19)14(13-9-5-2-6-10-13)20(16,17)11-12-7-3-1-4-8-12/h1-10,14H,11H2. The largest absolute Gasteiger partial charge is 0.324 e. The zero-order chi connectivity index (χ0) is 15.5. The van der Waals surface area contributed by atoms with Gasteiger partial charge >= 0.3 is 10.2 Å². The second-order valence-corrected chi connectivity index (χ2v) is 8.32. The monoisotopic (exact) mass is 328 g/mol. The average Bonchev–Trinajstić information content (AvgIpc) is 2.38. The van der Waals surface area contributed by atoms with Gasteiger partial charge in [-0.3, -0.25) is 0 Å². The average molecular weight is 328 g/mol. The topological polar surface area (TPSA) is 68.3 Å². The summed E-state index contributed by atoms with van der Waals surface area (Å²) >= 11 is 0. The molecule has 0 radical (unpaired) electrons. The smallest absolute Gasteiger partial charge is 0.227 e. The summed E-state index contributed by atoms with van der Waals surface area (Å²) in [6.07, 6.45) is 0. The lowest BCUT2D eigenvalue weighted by atomic mass is 10.2. The van der Waals surface area contributed by atoms with E-state index in [1.807, 2.05) is 0 Å². The minimum Gasteiger partial charge on any atom is -0.227 e. The summed E-state index contributed by atoms with van der Waals surface area (Å²) in [5.41, 5.74) is 0.304. The van der Waals surface area contributed by atoms with E-state index in [1.165, 1.54) is 24.3 Å². The number of hydrogen-bond acceptors (Lipinski definition) is 4. The van der Waals surface area contributed by atoms with Crippen LogP contribution >= 0.6 is 0 Å². The van der Waals surface area contributed by atoms with Gasteiger partial charge in [0.2, 0.25) is 4.58 Å². The summed E-state index contributed by atoms with van der Waals surface area (Å²) in [6.45, 7) is 0. The van der Waals surface area contributed by atoms with Crippen molar-refractivity contribution in [2.45, 2.75) is 10.3 Å². The molecule has 7 heteroatoms. The van der Waals surface area contributed by atoms with Crippen molar-refractivity contribution in [1.29, 1.82) is 0 Å². The van der Waals surface area contributed by atoms with Crippen molar-refractivity contribution in [3.8, 4) is 0 Å². The zero-order valence-corrected chi connectivity index (χ0v) is 12.5. The van der Waals surface area contributed by atoms with Gasteiger partial charge in [-0.05, 0) is 11.1 Å². The number of halogens is 1. The first-order valence-electron chi connectivity index (χ1n) is 6.04. The Morgan fingerprint density at radius 3 is 1.76 bits per heavy atom. The molecular formula is C14H13FO4S2. The van der Waals surface area contributed by atoms with Gasteiger partial charge < -0.3 is 0 Å². The van der Waals surface area contributed by atoms with E-state index >= 15 is 0 Å². The molecule has 0 aromatic heterocycles. The molecule has 1 unspecified atom stereocenters. The number of hydrogen-bond donors (Lipinski definition) is 0. The predicted octanol–water partition coefficient (Wildman–Crippen LogP) is 2.60. The normalized spacial score (nSPS) is 13.8. The van der Waals surface area contributed by atoms with E-state index in [4.69, 9.17) is 0 Å². The highest BCUT2D eigenvalue weighted by molar-refractivity contribution is 8.05. The Bertz CT molecular complexity index is 801. The predicted molar refractivity (Wildman–Crippen MR) is 78.3 cm³/mol. The lowest BCUT2D eigenvalue weighted by molar-refractivity contribution is 0.542. The van der Waals surface area contributed by atoms with Gasteiger partial charge in [0.15, 0.2) is 9.84 Å². The molecule has 0 heterocycles. The quantitative estimate of drug-likeness (QED) is 0.791. The Balaban J connectivity index is 2.47. The Kier molecular flexibility index (Phi) is 4.43. The fraction of sp³-hybridized carbons (Fsp3) is 0.143. The molecule has 4 nitrogen and oxygen atoms in total. The van der Waals surface area contributed by atoms with E-state index in [9.17, 15) is 20.7 Å². The van der Waals surface area contributed by atoms with Gasteiger partial charge in [-0.25, -0.2) is 8.42 Å². The maximum atomic E-state index is 13.5. The number of sulfone groups is 1. The third-order valence-corrected chi connectivity index (χ3v) is 6.88. The summed E-state index contributed by atoms with van der Waals surface area (Å²) in [4.78, 5) is 0. The molecule has 112 valence electrons. The summed E-state index contributed by atoms with van der Waals surface area (Å²) < 4.78 is 58.6. The van der Waals surface area contributed by atoms with Crippen molar-refractivity contribution in [3.63, 3.8) is 0 Å². The molecule has 21 heavy (non-hydrogen) atoms. The van der Waals surface area contributed by atoms with Crippen LogP contribution in [0.1, 0.15) is 15.7 Å². The van der Waals surface area contributed by atoms with Crippen LogP contribution in [0.3, 0.4) is 0 Å². The van der Waals surface area contributed by atoms with Crippen LogP contribution in [0.5, 0.6) is 0 Å². The maximum absolute atomic E-state index is 13.5. The van der Waals surface area contributed by atoms with Crippen molar-refractivity contribution in [1.82, 2.24) is 0 Å². The van der Waals surface area contributed by atoms with E-state index in [-0.39, 0.29) is 5.56 Å². The molecular weight excluding hydrogens is 315 g/mol. The molecule has 2 aromatic rings. The van der Waals surface area contributed by atoms with Gasteiger partial charge in [0.1, 0.15) is 0 Å². The summed E-state index contributed by atoms with van der Waals surface area (Å²) in [5.74, 6) is -0.545. The Morgan fingerprint density at radius 2 is 1.29 bits per heavy atom. The molecule has 0 aliphatic heterocycles. The number of benzene rings is 2. The lowest BCUT2D eigenvalue weighted by Crippen LogP contribution is -2.21. The highest BCUT2D eigenvalue weighted by Gasteiger charge is 2.39. The van der Waals surface area contributed by atoms with Gasteiger partial charge in [-0.2, -0.15) is 8.42 Å². The van der Waals surface area contributed by atoms with E-state index in [0.29, 0.717) is 5.56 Å². The first kappa shape index (κ1) is 15.7. The maximum Gasteiger partial charge on any atom is 0.324 e. The fourth-order valence-corrected chi connectivity index (χ4v) is 5.50. The van der Waals surface area contributed by atoms with Crippen LogP contribution in [0.4, 0.5) is 3.89 Å². The summed E-state index contributed by atoms with van der Waals surface area (Å²) in [5, 5.41) is 0. The van der Waals surface area contributed by atoms with Gasteiger partial charge in [0, 0.05) is 0 Å². The van der Waals surface area contributed by atoms with Crippen molar-refractivity contribution in [2.24, 2.45) is 0 Å². The molecule has 0 amide bonds. The van der Waals surface area contributed by atoms with E-state index in [2.05, 4.69) is 0 Å². The first-order valence-corrected chi connectivity index (χ1v) is 9.21. The second-order valence-electron chi connectivity index (χ2n) is 4.51. The van der Waals surface area contributed by atoms with Gasteiger partial charge in [-0.1, -0.05) is 60.7 Å². The minimum atomic E-state index is -5.28. The molecule has 2 rings (SSSR count). The van der Waals surface area contributed by atoms with E-state index in [0.717, 1.165) is 0 Å². The zero-order valence-electron chi connectivity index (χ0n) is 10.9. The van der Waals surface area contributed by atoms with Crippen molar-refractivity contribution >= 4 is 20.1 Å². The highest BCUT2D eigenvalue weighted by atomic mass is 32.3. The van der Waals surface area contributed by atoms with E-state index < -0.39 is 30.4 Å². The Hall–Kier alpha value is -1.73. The van der Waals surface area contributed by atoms with Gasteiger partial charge in [0.25, 0.3) is 0 Å². The Labute approximate surface area is 123 Å². The van der Waals surface area contributed by atoms with Crippen LogP contribution in [-0.4, -0.2) is 16.8 Å². The summed E-state index contributed by atoms with van der Waals surface area (Å²) in [6, 6.07) is 15.1. The van der Waals surface area contributed by atoms with Gasteiger partial charge in [-0.15, -0.1) is 3.89 Å². The molecule has 0 fully saturated rings. The third kappa shape index (κ3) is 3.89. The molecule has 1 atom stereocenters. The SMILES string of the molecule is O=S(=O)(F)C(c1ccccc1)S(=O)(=O)Cc1ccccc1. The van der Waals surface area contributed by atoms with Crippen LogP contribution in [0.15, 0.2) is 60.7 Å². The van der Waals surface area contributed by atoms with Crippen LogP contribution in [-0.2, 0) is 25.8 Å². The fourth-order valence-electron chi connectivity index (χ4n) is 2.04. The molecule has 0 aliphatic rings. The van der Waals surface area contributed by atoms with E-state index in [1.54, 1.807) is 36.4 Å². The van der Waals surface area contributed by atoms with Crippen molar-refractivity contribution in [3.05, 3.63) is 71.8 Å². The molecule has 0 saturated carbocycles. The van der Waals surface area contributed by atoms with Crippen molar-refractivity contribution in [2.75, 3.05) is 0 Å². The third-order valence-electron chi connectivity index (χ3n) is 2.86. The Morgan fingerprint density at radius 1 is 0.810 bits per heavy atom. The van der Waals surface area contributed by atoms with Gasteiger partial charge in [0.05, 0.1) is 5.75 Å². The molecule has 0 N–H and O–H groups in total. The first-order chi connectivity index (χ1) is 9.81. The molecule has 0 saturated heterocycles. The number of rotatable bonds is 5. The minimum absolute atomic E-state index is 0.101. The van der Waals surface area contributed by atoms with Crippen LogP contribution in [0, 0.1) is 0 Å². The lowest BCUT2D eigenvalue weighted by Gasteiger charge is -2.14. The van der Waals surface area contributed by atoms with Crippen LogP contribution in [0.2, 0.25) is 0 Å². The summed E-state index contributed by atoms with van der Waals surface area (Å²) in [7, 11) is -9.53.